The molecule has 108 valence electrons. The van der Waals surface area contributed by atoms with Gasteiger partial charge in [0.1, 0.15) is 5.69 Å². The van der Waals surface area contributed by atoms with Crippen molar-refractivity contribution in [3.05, 3.63) is 35.2 Å². The molecular weight excluding hydrogens is 266 g/mol. The summed E-state index contributed by atoms with van der Waals surface area (Å²) in [5.41, 5.74) is 3.46. The van der Waals surface area contributed by atoms with E-state index in [4.69, 9.17) is 4.74 Å². The van der Waals surface area contributed by atoms with Crippen LogP contribution < -0.4 is 0 Å². The summed E-state index contributed by atoms with van der Waals surface area (Å²) in [7, 11) is -1.63. The third kappa shape index (κ3) is 1.97. The minimum Gasteiger partial charge on any atom is -0.461 e. The molecule has 3 aliphatic rings. The van der Waals surface area contributed by atoms with E-state index >= 15 is 0 Å². The van der Waals surface area contributed by atoms with Crippen molar-refractivity contribution in [2.45, 2.75) is 51.2 Å². The summed E-state index contributed by atoms with van der Waals surface area (Å²) in [6.07, 6.45) is 9.23. The molecule has 0 aromatic carbocycles. The predicted molar refractivity (Wildman–Crippen MR) is 83.0 cm³/mol. The fraction of sp³-hybridized carbons (Fsp3) is 0.562. The van der Waals surface area contributed by atoms with E-state index in [9.17, 15) is 4.79 Å². The van der Waals surface area contributed by atoms with E-state index in [1.807, 2.05) is 6.92 Å². The van der Waals surface area contributed by atoms with Crippen molar-refractivity contribution in [2.75, 3.05) is 6.61 Å². The summed E-state index contributed by atoms with van der Waals surface area (Å²) in [6.45, 7) is 9.14. The molecule has 0 saturated heterocycles. The maximum atomic E-state index is 12.5. The number of hydrogen-bond acceptors (Lipinski definition) is 2. The molecule has 0 radical (unpaired) electrons. The molecular formula is C16H23NO2Si. The van der Waals surface area contributed by atoms with E-state index in [-0.39, 0.29) is 5.97 Å². The molecule has 4 rings (SSSR count). The number of carbonyl (C=O) groups excluding carboxylic acids is 1. The minimum absolute atomic E-state index is 0.142. The molecule has 2 bridgehead atoms. The Balaban J connectivity index is 2.18. The highest BCUT2D eigenvalue weighted by Gasteiger charge is 2.38. The second-order valence-electron chi connectivity index (χ2n) is 6.78. The lowest BCUT2D eigenvalue weighted by atomic mass is 9.72. The Kier molecular flexibility index (Phi) is 3.16. The molecule has 1 aromatic rings. The summed E-state index contributed by atoms with van der Waals surface area (Å²) in [4.78, 5) is 12.5. The van der Waals surface area contributed by atoms with Crippen molar-refractivity contribution >= 4 is 14.2 Å². The second-order valence-corrected chi connectivity index (χ2v) is 11.6. The number of carbonyl (C=O) groups is 1. The number of esters is 1. The zero-order valence-electron chi connectivity index (χ0n) is 12.8. The lowest BCUT2D eigenvalue weighted by Crippen LogP contribution is -2.35. The Morgan fingerprint density at radius 2 is 1.95 bits per heavy atom. The Morgan fingerprint density at radius 3 is 2.50 bits per heavy atom. The van der Waals surface area contributed by atoms with Gasteiger partial charge in [0.2, 0.25) is 0 Å². The molecule has 1 heterocycles. The topological polar surface area (TPSA) is 31.2 Å². The van der Waals surface area contributed by atoms with Crippen LogP contribution in [0.4, 0.5) is 0 Å². The maximum Gasteiger partial charge on any atom is 0.354 e. The van der Waals surface area contributed by atoms with Gasteiger partial charge in [0, 0.05) is 11.8 Å². The molecule has 0 saturated carbocycles. The van der Waals surface area contributed by atoms with E-state index < -0.39 is 8.24 Å². The average molecular weight is 289 g/mol. The lowest BCUT2D eigenvalue weighted by Gasteiger charge is -2.31. The first-order valence-corrected chi connectivity index (χ1v) is 11.0. The smallest absolute Gasteiger partial charge is 0.354 e. The standard InChI is InChI=1S/C16H23NO2Si/c1-5-19-16(18)15-14-12-8-6-11(7-9-12)13(14)10-17(15)20(2,3)4/h6,8,10-12H,5,7,9H2,1-4H3. The molecule has 0 amide bonds. The number of aromatic nitrogens is 1. The van der Waals surface area contributed by atoms with Gasteiger partial charge >= 0.3 is 5.97 Å². The summed E-state index contributed by atoms with van der Waals surface area (Å²) in [6, 6.07) is 0. The third-order valence-electron chi connectivity index (χ3n) is 4.40. The normalized spacial score (nSPS) is 23.8. The fourth-order valence-corrected chi connectivity index (χ4v) is 4.89. The first kappa shape index (κ1) is 13.7. The molecule has 20 heavy (non-hydrogen) atoms. The van der Waals surface area contributed by atoms with Crippen LogP contribution in [0.15, 0.2) is 18.3 Å². The molecule has 0 aliphatic heterocycles. The maximum absolute atomic E-state index is 12.5. The second kappa shape index (κ2) is 4.62. The van der Waals surface area contributed by atoms with Crippen molar-refractivity contribution in [1.29, 1.82) is 0 Å². The Morgan fingerprint density at radius 1 is 1.30 bits per heavy atom. The van der Waals surface area contributed by atoms with Crippen LogP contribution in [0.25, 0.3) is 0 Å². The SMILES string of the molecule is CCOC(=O)c1c2c(cn1[Si](C)(C)C)C1C=CC2CC1. The predicted octanol–water partition coefficient (Wildman–Crippen LogP) is 3.88. The molecule has 3 aliphatic carbocycles. The third-order valence-corrected chi connectivity index (χ3v) is 6.20. The molecule has 2 unspecified atom stereocenters. The van der Waals surface area contributed by atoms with Crippen LogP contribution in [0.1, 0.15) is 53.2 Å². The van der Waals surface area contributed by atoms with Gasteiger partial charge in [-0.05, 0) is 37.1 Å². The monoisotopic (exact) mass is 289 g/mol. The van der Waals surface area contributed by atoms with Gasteiger partial charge in [-0.25, -0.2) is 4.79 Å². The van der Waals surface area contributed by atoms with E-state index in [0.717, 1.165) is 12.1 Å². The number of allylic oxidation sites excluding steroid dienone is 2. The average Bonchev–Trinajstić information content (AvgIpc) is 2.82. The van der Waals surface area contributed by atoms with Crippen LogP contribution in [0.3, 0.4) is 0 Å². The highest BCUT2D eigenvalue weighted by molar-refractivity contribution is 6.74. The van der Waals surface area contributed by atoms with Gasteiger partial charge in [-0.3, -0.25) is 0 Å². The fourth-order valence-electron chi connectivity index (χ4n) is 3.48. The largest absolute Gasteiger partial charge is 0.461 e. The van der Waals surface area contributed by atoms with Crippen molar-refractivity contribution in [3.63, 3.8) is 0 Å². The van der Waals surface area contributed by atoms with Crippen molar-refractivity contribution < 1.29 is 9.53 Å². The van der Waals surface area contributed by atoms with Crippen LogP contribution in [-0.2, 0) is 4.74 Å². The molecule has 0 fully saturated rings. The van der Waals surface area contributed by atoms with Gasteiger partial charge in [0.25, 0.3) is 0 Å². The molecule has 3 nitrogen and oxygen atoms in total. The van der Waals surface area contributed by atoms with Crippen LogP contribution in [0.2, 0.25) is 19.6 Å². The van der Waals surface area contributed by atoms with E-state index in [2.05, 4.69) is 42.2 Å². The zero-order valence-corrected chi connectivity index (χ0v) is 13.8. The summed E-state index contributed by atoms with van der Waals surface area (Å²) < 4.78 is 7.59. The number of rotatable bonds is 3. The quantitative estimate of drug-likeness (QED) is 0.480. The molecule has 1 aromatic heterocycles. The Bertz CT molecular complexity index is 580. The van der Waals surface area contributed by atoms with Crippen molar-refractivity contribution in [3.8, 4) is 0 Å². The van der Waals surface area contributed by atoms with Crippen LogP contribution in [-0.4, -0.2) is 25.0 Å². The number of ether oxygens (including phenoxy) is 1. The highest BCUT2D eigenvalue weighted by atomic mass is 28.3. The molecule has 0 spiro atoms. The van der Waals surface area contributed by atoms with Crippen LogP contribution >= 0.6 is 0 Å². The first-order chi connectivity index (χ1) is 9.43. The summed E-state index contributed by atoms with van der Waals surface area (Å²) in [5.74, 6) is 0.768. The number of hydrogen-bond donors (Lipinski definition) is 0. The zero-order chi connectivity index (χ0) is 14.5. The van der Waals surface area contributed by atoms with Crippen LogP contribution in [0, 0.1) is 0 Å². The van der Waals surface area contributed by atoms with E-state index in [1.165, 1.54) is 17.5 Å². The number of nitrogens with zero attached hydrogens (tertiary/aromatic N) is 1. The van der Waals surface area contributed by atoms with Gasteiger partial charge in [-0.1, -0.05) is 31.8 Å². The molecule has 0 N–H and O–H groups in total. The first-order valence-electron chi connectivity index (χ1n) is 7.54. The van der Waals surface area contributed by atoms with Gasteiger partial charge in [-0.15, -0.1) is 0 Å². The van der Waals surface area contributed by atoms with Crippen LogP contribution in [0.5, 0.6) is 0 Å². The van der Waals surface area contributed by atoms with Gasteiger partial charge < -0.3 is 8.97 Å². The van der Waals surface area contributed by atoms with Gasteiger partial charge in [0.05, 0.1) is 6.61 Å². The Labute approximate surface area is 121 Å². The van der Waals surface area contributed by atoms with E-state index in [1.54, 1.807) is 0 Å². The number of fused-ring (bicyclic) bond motifs is 1. The molecule has 2 atom stereocenters. The summed E-state index contributed by atoms with van der Waals surface area (Å²) >= 11 is 0. The minimum atomic E-state index is -1.63. The Hall–Kier alpha value is -1.29. The highest BCUT2D eigenvalue weighted by Crippen LogP contribution is 2.47. The van der Waals surface area contributed by atoms with Crippen molar-refractivity contribution in [2.24, 2.45) is 0 Å². The van der Waals surface area contributed by atoms with Crippen molar-refractivity contribution in [1.82, 2.24) is 4.23 Å². The van der Waals surface area contributed by atoms with Gasteiger partial charge in [-0.2, -0.15) is 0 Å². The molecule has 4 heteroatoms. The van der Waals surface area contributed by atoms with E-state index in [0.29, 0.717) is 18.4 Å². The van der Waals surface area contributed by atoms with Gasteiger partial charge in [0.15, 0.2) is 8.24 Å². The summed E-state index contributed by atoms with van der Waals surface area (Å²) in [5, 5.41) is 0. The lowest BCUT2D eigenvalue weighted by molar-refractivity contribution is 0.0516.